The fourth-order valence-electron chi connectivity index (χ4n) is 5.65. The number of benzene rings is 1. The third-order valence-corrected chi connectivity index (χ3v) is 6.12. The lowest BCUT2D eigenvalue weighted by molar-refractivity contribution is -0.0496. The molecule has 0 spiro atoms. The van der Waals surface area contributed by atoms with Crippen molar-refractivity contribution >= 4 is 11.7 Å². The van der Waals surface area contributed by atoms with Crippen molar-refractivity contribution in [3.63, 3.8) is 0 Å². The van der Waals surface area contributed by atoms with Crippen LogP contribution in [0, 0.1) is 23.2 Å². The lowest BCUT2D eigenvalue weighted by Crippen LogP contribution is -2.51. The summed E-state index contributed by atoms with van der Waals surface area (Å²) in [6.45, 7) is 0.826. The molecule has 4 aliphatic rings. The number of hydrogen-bond acceptors (Lipinski definition) is 2. The molecule has 23 heavy (non-hydrogen) atoms. The Morgan fingerprint density at radius 1 is 1.17 bits per heavy atom. The van der Waals surface area contributed by atoms with Crippen LogP contribution in [0.2, 0.25) is 0 Å². The van der Waals surface area contributed by atoms with Gasteiger partial charge in [-0.3, -0.25) is 0 Å². The largest absolute Gasteiger partial charge is 0.497 e. The van der Waals surface area contributed by atoms with E-state index in [-0.39, 0.29) is 6.03 Å². The van der Waals surface area contributed by atoms with Gasteiger partial charge in [-0.05, 0) is 73.8 Å². The molecule has 4 heteroatoms. The maximum Gasteiger partial charge on any atom is 0.319 e. The number of carbonyl (C=O) groups excluding carboxylic acids is 1. The zero-order chi connectivity index (χ0) is 15.9. The molecule has 0 aromatic heterocycles. The normalized spacial score (nSPS) is 34.2. The Kier molecular flexibility index (Phi) is 3.70. The van der Waals surface area contributed by atoms with Crippen LogP contribution in [0.3, 0.4) is 0 Å². The van der Waals surface area contributed by atoms with Crippen molar-refractivity contribution in [3.05, 3.63) is 24.3 Å². The maximum absolute atomic E-state index is 12.2. The van der Waals surface area contributed by atoms with Crippen LogP contribution < -0.4 is 15.4 Å². The van der Waals surface area contributed by atoms with Gasteiger partial charge < -0.3 is 15.4 Å². The lowest BCUT2D eigenvalue weighted by Gasteiger charge is -2.56. The van der Waals surface area contributed by atoms with E-state index in [1.165, 1.54) is 38.5 Å². The number of urea groups is 1. The second-order valence-corrected chi connectivity index (χ2v) is 7.96. The molecule has 5 rings (SSSR count). The first-order chi connectivity index (χ1) is 11.1. The van der Waals surface area contributed by atoms with Crippen LogP contribution in [0.5, 0.6) is 5.75 Å². The molecule has 1 aromatic carbocycles. The van der Waals surface area contributed by atoms with Crippen LogP contribution in [0.15, 0.2) is 24.3 Å². The van der Waals surface area contributed by atoms with Gasteiger partial charge in [-0.2, -0.15) is 0 Å². The zero-order valence-corrected chi connectivity index (χ0v) is 13.8. The van der Waals surface area contributed by atoms with E-state index in [0.29, 0.717) is 5.41 Å². The highest BCUT2D eigenvalue weighted by molar-refractivity contribution is 5.89. The smallest absolute Gasteiger partial charge is 0.319 e. The molecule has 0 atom stereocenters. The minimum Gasteiger partial charge on any atom is -0.497 e. The van der Waals surface area contributed by atoms with Crippen LogP contribution in [0.1, 0.15) is 38.5 Å². The van der Waals surface area contributed by atoms with Crippen molar-refractivity contribution < 1.29 is 9.53 Å². The van der Waals surface area contributed by atoms with E-state index in [0.717, 1.165) is 35.7 Å². The SMILES string of the molecule is COc1cccc(NC(=O)NCC23CC4CC(CC(C4)C2)C3)c1. The Balaban J connectivity index is 1.34. The predicted molar refractivity (Wildman–Crippen MR) is 90.6 cm³/mol. The zero-order valence-electron chi connectivity index (χ0n) is 13.8. The predicted octanol–water partition coefficient (Wildman–Crippen LogP) is 4.03. The summed E-state index contributed by atoms with van der Waals surface area (Å²) in [7, 11) is 1.63. The van der Waals surface area contributed by atoms with E-state index in [1.54, 1.807) is 7.11 Å². The van der Waals surface area contributed by atoms with Crippen LogP contribution >= 0.6 is 0 Å². The average molecular weight is 314 g/mol. The third-order valence-electron chi connectivity index (χ3n) is 6.12. The van der Waals surface area contributed by atoms with E-state index in [1.807, 2.05) is 24.3 Å². The van der Waals surface area contributed by atoms with Crippen molar-refractivity contribution in [2.75, 3.05) is 19.0 Å². The van der Waals surface area contributed by atoms with Gasteiger partial charge in [0.05, 0.1) is 7.11 Å². The number of methoxy groups -OCH3 is 1. The van der Waals surface area contributed by atoms with E-state index in [4.69, 9.17) is 4.74 Å². The monoisotopic (exact) mass is 314 g/mol. The first-order valence-corrected chi connectivity index (χ1v) is 8.83. The van der Waals surface area contributed by atoms with Crippen LogP contribution in [-0.4, -0.2) is 19.7 Å². The summed E-state index contributed by atoms with van der Waals surface area (Å²) in [6.07, 6.45) is 8.27. The molecule has 0 heterocycles. The van der Waals surface area contributed by atoms with Crippen molar-refractivity contribution in [1.82, 2.24) is 5.32 Å². The molecule has 0 radical (unpaired) electrons. The van der Waals surface area contributed by atoms with Gasteiger partial charge in [0.2, 0.25) is 0 Å². The molecule has 4 nitrogen and oxygen atoms in total. The number of ether oxygens (including phenoxy) is 1. The van der Waals surface area contributed by atoms with Crippen molar-refractivity contribution in [2.45, 2.75) is 38.5 Å². The van der Waals surface area contributed by atoms with Gasteiger partial charge in [-0.1, -0.05) is 6.07 Å². The lowest BCUT2D eigenvalue weighted by atomic mass is 9.49. The fourth-order valence-corrected chi connectivity index (χ4v) is 5.65. The molecule has 4 fully saturated rings. The second kappa shape index (κ2) is 5.73. The highest BCUT2D eigenvalue weighted by Crippen LogP contribution is 2.59. The first kappa shape index (κ1) is 14.9. The Morgan fingerprint density at radius 3 is 2.43 bits per heavy atom. The van der Waals surface area contributed by atoms with Crippen molar-refractivity contribution in [1.29, 1.82) is 0 Å². The summed E-state index contributed by atoms with van der Waals surface area (Å²) >= 11 is 0. The summed E-state index contributed by atoms with van der Waals surface area (Å²) in [5.41, 5.74) is 1.15. The average Bonchev–Trinajstić information content (AvgIpc) is 2.52. The van der Waals surface area contributed by atoms with E-state index < -0.39 is 0 Å². The Morgan fingerprint density at radius 2 is 1.83 bits per heavy atom. The molecule has 4 bridgehead atoms. The number of anilines is 1. The van der Waals surface area contributed by atoms with Gasteiger partial charge in [-0.25, -0.2) is 4.79 Å². The molecule has 4 saturated carbocycles. The van der Waals surface area contributed by atoms with Crippen molar-refractivity contribution in [3.8, 4) is 5.75 Å². The summed E-state index contributed by atoms with van der Waals surface area (Å²) in [5.74, 6) is 3.52. The van der Waals surface area contributed by atoms with Crippen LogP contribution in [0.4, 0.5) is 10.5 Å². The Bertz CT molecular complexity index is 564. The maximum atomic E-state index is 12.2. The first-order valence-electron chi connectivity index (χ1n) is 8.83. The highest BCUT2D eigenvalue weighted by Gasteiger charge is 2.50. The molecule has 124 valence electrons. The topological polar surface area (TPSA) is 50.4 Å². The van der Waals surface area contributed by atoms with E-state index in [9.17, 15) is 4.79 Å². The van der Waals surface area contributed by atoms with E-state index in [2.05, 4.69) is 10.6 Å². The number of nitrogens with one attached hydrogen (secondary N) is 2. The summed E-state index contributed by atoms with van der Waals surface area (Å²) in [4.78, 5) is 12.2. The molecule has 1 aromatic rings. The molecule has 0 aliphatic heterocycles. The molecule has 0 saturated heterocycles. The van der Waals surface area contributed by atoms with Gasteiger partial charge in [0.1, 0.15) is 5.75 Å². The number of amides is 2. The fraction of sp³-hybridized carbons (Fsp3) is 0.632. The molecule has 2 amide bonds. The summed E-state index contributed by atoms with van der Waals surface area (Å²) in [6, 6.07) is 7.37. The number of hydrogen-bond donors (Lipinski definition) is 2. The van der Waals surface area contributed by atoms with Gasteiger partial charge in [0.25, 0.3) is 0 Å². The third kappa shape index (κ3) is 3.04. The molecule has 4 aliphatic carbocycles. The summed E-state index contributed by atoms with van der Waals surface area (Å²) < 4.78 is 5.19. The van der Waals surface area contributed by atoms with E-state index >= 15 is 0 Å². The van der Waals surface area contributed by atoms with Gasteiger partial charge in [0, 0.05) is 18.3 Å². The number of carbonyl (C=O) groups is 1. The van der Waals surface area contributed by atoms with Crippen LogP contribution in [-0.2, 0) is 0 Å². The molecule has 2 N–H and O–H groups in total. The number of rotatable bonds is 4. The standard InChI is InChI=1S/C19H26N2O2/c1-23-17-4-2-3-16(8-17)21-18(22)20-12-19-9-13-5-14(10-19)7-15(6-13)11-19/h2-4,8,13-15H,5-7,9-12H2,1H3,(H2,20,21,22). The van der Waals surface area contributed by atoms with Crippen LogP contribution in [0.25, 0.3) is 0 Å². The van der Waals surface area contributed by atoms with Crippen molar-refractivity contribution in [2.24, 2.45) is 23.2 Å². The van der Waals surface area contributed by atoms with Gasteiger partial charge >= 0.3 is 6.03 Å². The highest BCUT2D eigenvalue weighted by atomic mass is 16.5. The minimum atomic E-state index is -0.103. The van der Waals surface area contributed by atoms with Gasteiger partial charge in [0.15, 0.2) is 0 Å². The molecular weight excluding hydrogens is 288 g/mol. The summed E-state index contributed by atoms with van der Waals surface area (Å²) in [5, 5.41) is 6.05. The quantitative estimate of drug-likeness (QED) is 0.881. The second-order valence-electron chi connectivity index (χ2n) is 7.96. The van der Waals surface area contributed by atoms with Gasteiger partial charge in [-0.15, -0.1) is 0 Å². The molecule has 0 unspecified atom stereocenters. The minimum absolute atomic E-state index is 0.103. The Hall–Kier alpha value is -1.71. The molecular formula is C19H26N2O2. The Labute approximate surface area is 138 Å².